The molecule has 1 amide bonds. The number of carbonyl (C=O) groups excluding carboxylic acids is 1. The van der Waals surface area contributed by atoms with Crippen LogP contribution in [0.4, 0.5) is 5.00 Å². The van der Waals surface area contributed by atoms with Gasteiger partial charge >= 0.3 is 0 Å². The maximum atomic E-state index is 12.7. The second-order valence-corrected chi connectivity index (χ2v) is 7.89. The highest BCUT2D eigenvalue weighted by atomic mass is 32.1. The van der Waals surface area contributed by atoms with Gasteiger partial charge in [-0.3, -0.25) is 4.79 Å². The van der Waals surface area contributed by atoms with Gasteiger partial charge in [0.15, 0.2) is 0 Å². The molecule has 4 rings (SSSR count). The summed E-state index contributed by atoms with van der Waals surface area (Å²) in [4.78, 5) is 14.1. The van der Waals surface area contributed by atoms with Gasteiger partial charge in [0, 0.05) is 10.4 Å². The largest absolute Gasteiger partial charge is 0.507 e. The van der Waals surface area contributed by atoms with E-state index in [2.05, 4.69) is 17.6 Å². The number of phenolic OH excluding ortho intramolecular Hbond substituents is 1. The van der Waals surface area contributed by atoms with Crippen molar-refractivity contribution in [3.63, 3.8) is 0 Å². The van der Waals surface area contributed by atoms with E-state index in [9.17, 15) is 9.90 Å². The molecule has 0 fully saturated rings. The zero-order chi connectivity index (χ0) is 16.8. The number of hydrogen-bond acceptors (Lipinski definition) is 4. The monoisotopic (exact) mass is 342 g/mol. The van der Waals surface area contributed by atoms with Crippen molar-refractivity contribution in [2.24, 2.45) is 5.92 Å². The molecule has 24 heavy (non-hydrogen) atoms. The Hall–Kier alpha value is -2.01. The summed E-state index contributed by atoms with van der Waals surface area (Å²) in [7, 11) is 0. The quantitative estimate of drug-likeness (QED) is 0.769. The molecule has 0 unspecified atom stereocenters. The van der Waals surface area contributed by atoms with E-state index in [1.807, 2.05) is 25.1 Å². The Bertz CT molecular complexity index is 812. The van der Waals surface area contributed by atoms with Crippen LogP contribution >= 0.6 is 11.3 Å². The normalized spacial score (nSPS) is 22.3. The van der Waals surface area contributed by atoms with E-state index in [-0.39, 0.29) is 17.8 Å². The molecule has 2 aliphatic rings. The molecule has 2 heterocycles. The number of fused-ring (bicyclic) bond motifs is 3. The Labute approximate surface area is 145 Å². The highest BCUT2D eigenvalue weighted by Gasteiger charge is 2.34. The van der Waals surface area contributed by atoms with Crippen LogP contribution in [0.25, 0.3) is 0 Å². The summed E-state index contributed by atoms with van der Waals surface area (Å²) in [5.74, 6) is 0.950. The summed E-state index contributed by atoms with van der Waals surface area (Å²) in [5, 5.41) is 17.7. The number of anilines is 1. The van der Waals surface area contributed by atoms with Crippen LogP contribution in [-0.4, -0.2) is 11.0 Å². The molecule has 0 saturated heterocycles. The summed E-state index contributed by atoms with van der Waals surface area (Å²) in [5.41, 5.74) is 3.59. The molecule has 0 radical (unpaired) electrons. The number of aromatic hydroxyl groups is 1. The maximum absolute atomic E-state index is 12.7. The molecule has 0 spiro atoms. The van der Waals surface area contributed by atoms with Crippen LogP contribution in [0.15, 0.2) is 18.2 Å². The van der Waals surface area contributed by atoms with Crippen LogP contribution in [0.1, 0.15) is 57.9 Å². The van der Waals surface area contributed by atoms with Crippen LogP contribution in [0.2, 0.25) is 0 Å². The number of aryl methyl sites for hydroxylation is 1. The summed E-state index contributed by atoms with van der Waals surface area (Å²) in [6.45, 7) is 4.11. The van der Waals surface area contributed by atoms with Gasteiger partial charge in [0.25, 0.3) is 5.91 Å². The Balaban J connectivity index is 1.70. The van der Waals surface area contributed by atoms with Crippen molar-refractivity contribution in [1.82, 2.24) is 5.32 Å². The van der Waals surface area contributed by atoms with Crippen molar-refractivity contribution >= 4 is 22.2 Å². The van der Waals surface area contributed by atoms with E-state index >= 15 is 0 Å². The fourth-order valence-electron chi connectivity index (χ4n) is 3.79. The number of nitrogens with one attached hydrogen (secondary N) is 2. The molecule has 1 aromatic carbocycles. The minimum absolute atomic E-state index is 0.0258. The van der Waals surface area contributed by atoms with Crippen LogP contribution in [0.5, 0.6) is 5.75 Å². The van der Waals surface area contributed by atoms with Crippen molar-refractivity contribution in [3.05, 3.63) is 45.3 Å². The first-order valence-electron chi connectivity index (χ1n) is 8.58. The second kappa shape index (κ2) is 5.81. The van der Waals surface area contributed by atoms with E-state index in [1.165, 1.54) is 23.3 Å². The summed E-state index contributed by atoms with van der Waals surface area (Å²) in [6, 6.07) is 5.62. The van der Waals surface area contributed by atoms with Crippen molar-refractivity contribution < 1.29 is 9.90 Å². The Kier molecular flexibility index (Phi) is 3.76. The number of amides is 1. The smallest absolute Gasteiger partial charge is 0.256 e. The summed E-state index contributed by atoms with van der Waals surface area (Å²) in [6.07, 6.45) is 4.06. The van der Waals surface area contributed by atoms with E-state index < -0.39 is 0 Å². The minimum atomic E-state index is -0.382. The number of hydrogen-bond donors (Lipinski definition) is 3. The van der Waals surface area contributed by atoms with Crippen molar-refractivity contribution in [2.45, 2.75) is 45.7 Å². The first-order chi connectivity index (χ1) is 11.6. The molecule has 0 bridgehead atoms. The predicted molar refractivity (Wildman–Crippen MR) is 96.8 cm³/mol. The molecule has 0 saturated carbocycles. The van der Waals surface area contributed by atoms with Gasteiger partial charge in [-0.05, 0) is 43.2 Å². The van der Waals surface area contributed by atoms with Crippen molar-refractivity contribution in [3.8, 4) is 5.75 Å². The van der Waals surface area contributed by atoms with Crippen molar-refractivity contribution in [1.29, 1.82) is 0 Å². The van der Waals surface area contributed by atoms with Gasteiger partial charge in [0.2, 0.25) is 0 Å². The molecule has 1 aliphatic carbocycles. The van der Waals surface area contributed by atoms with Gasteiger partial charge in [-0.25, -0.2) is 0 Å². The number of para-hydroxylation sites is 1. The molecule has 4 nitrogen and oxygen atoms in total. The topological polar surface area (TPSA) is 61.4 Å². The Morgan fingerprint density at radius 3 is 2.96 bits per heavy atom. The standard InChI is InChI=1S/C19H22N2O2S/c1-3-11-7-8-12-14(9-11)24-19-15(12)18(23)20-17(21-19)13-6-4-5-10(2)16(13)22/h4-6,11,17,21-22H,3,7-9H2,1-2H3,(H,20,23)/t11-,17+/m1/s1. The predicted octanol–water partition coefficient (Wildman–Crippen LogP) is 4.13. The number of phenols is 1. The van der Waals surface area contributed by atoms with E-state index in [0.29, 0.717) is 5.56 Å². The maximum Gasteiger partial charge on any atom is 0.256 e. The third kappa shape index (κ3) is 2.38. The molecule has 5 heteroatoms. The molecule has 3 N–H and O–H groups in total. The van der Waals surface area contributed by atoms with Crippen LogP contribution in [-0.2, 0) is 12.8 Å². The fraction of sp³-hybridized carbons (Fsp3) is 0.421. The van der Waals surface area contributed by atoms with E-state index in [0.717, 1.165) is 34.9 Å². The lowest BCUT2D eigenvalue weighted by molar-refractivity contribution is 0.0934. The minimum Gasteiger partial charge on any atom is -0.507 e. The molecular weight excluding hydrogens is 320 g/mol. The average Bonchev–Trinajstić information content (AvgIpc) is 2.94. The van der Waals surface area contributed by atoms with Gasteiger partial charge in [0.05, 0.1) is 5.56 Å². The SMILES string of the molecule is CC[C@@H]1CCc2c(sc3c2C(=O)N[C@H](c2cccc(C)c2O)N3)C1. The van der Waals surface area contributed by atoms with E-state index in [1.54, 1.807) is 11.3 Å². The van der Waals surface area contributed by atoms with Crippen LogP contribution in [0, 0.1) is 12.8 Å². The van der Waals surface area contributed by atoms with Crippen LogP contribution in [0.3, 0.4) is 0 Å². The van der Waals surface area contributed by atoms with E-state index in [4.69, 9.17) is 0 Å². The summed E-state index contributed by atoms with van der Waals surface area (Å²) < 4.78 is 0. The van der Waals surface area contributed by atoms with Gasteiger partial charge in [-0.1, -0.05) is 31.5 Å². The molecule has 2 atom stereocenters. The van der Waals surface area contributed by atoms with Crippen molar-refractivity contribution in [2.75, 3.05) is 5.32 Å². The van der Waals surface area contributed by atoms with Crippen LogP contribution < -0.4 is 10.6 Å². The number of thiophene rings is 1. The van der Waals surface area contributed by atoms with Gasteiger partial charge in [-0.2, -0.15) is 0 Å². The number of rotatable bonds is 2. The third-order valence-corrected chi connectivity index (χ3v) is 6.49. The lowest BCUT2D eigenvalue weighted by Crippen LogP contribution is -2.38. The fourth-order valence-corrected chi connectivity index (χ4v) is 5.17. The van der Waals surface area contributed by atoms with Gasteiger partial charge in [0.1, 0.15) is 16.9 Å². The molecule has 126 valence electrons. The van der Waals surface area contributed by atoms with Gasteiger partial charge in [-0.15, -0.1) is 11.3 Å². The number of carbonyl (C=O) groups is 1. The zero-order valence-electron chi connectivity index (χ0n) is 14.0. The lowest BCUT2D eigenvalue weighted by Gasteiger charge is -2.28. The first-order valence-corrected chi connectivity index (χ1v) is 9.40. The Morgan fingerprint density at radius 2 is 2.17 bits per heavy atom. The highest BCUT2D eigenvalue weighted by molar-refractivity contribution is 7.16. The molecule has 2 aromatic rings. The second-order valence-electron chi connectivity index (χ2n) is 6.79. The summed E-state index contributed by atoms with van der Waals surface area (Å²) >= 11 is 1.72. The molecule has 1 aliphatic heterocycles. The Morgan fingerprint density at radius 1 is 1.33 bits per heavy atom. The number of benzene rings is 1. The average molecular weight is 342 g/mol. The third-order valence-electron chi connectivity index (χ3n) is 5.30. The first kappa shape index (κ1) is 15.5. The highest BCUT2D eigenvalue weighted by Crippen LogP contribution is 2.43. The zero-order valence-corrected chi connectivity index (χ0v) is 14.8. The molecular formula is C19H22N2O2S. The van der Waals surface area contributed by atoms with Gasteiger partial charge < -0.3 is 15.7 Å². The lowest BCUT2D eigenvalue weighted by atomic mass is 9.85. The molecule has 1 aromatic heterocycles.